The second kappa shape index (κ2) is 6.97. The summed E-state index contributed by atoms with van der Waals surface area (Å²) >= 11 is 0. The summed E-state index contributed by atoms with van der Waals surface area (Å²) in [5.74, 6) is -0.602. The SMILES string of the molecule is CCOC(=O)C(O)(CC(C)(C)c1ccccc1)c1ccccc1. The molecule has 0 heterocycles. The summed E-state index contributed by atoms with van der Waals surface area (Å²) in [4.78, 5) is 12.5. The van der Waals surface area contributed by atoms with Crippen LogP contribution in [0.3, 0.4) is 0 Å². The highest BCUT2D eigenvalue weighted by atomic mass is 16.5. The average Bonchev–Trinajstić information content (AvgIpc) is 2.56. The molecule has 0 aliphatic rings. The van der Waals surface area contributed by atoms with Crippen molar-refractivity contribution in [2.75, 3.05) is 6.61 Å². The second-order valence-corrected chi connectivity index (χ2v) is 6.37. The van der Waals surface area contributed by atoms with E-state index >= 15 is 0 Å². The number of carbonyl (C=O) groups excluding carboxylic acids is 1. The lowest BCUT2D eigenvalue weighted by atomic mass is 9.73. The molecule has 1 unspecified atom stereocenters. The molecule has 2 rings (SSSR count). The molecule has 0 fully saturated rings. The van der Waals surface area contributed by atoms with Gasteiger partial charge in [0.15, 0.2) is 5.60 Å². The Hall–Kier alpha value is -2.13. The molecule has 0 aliphatic heterocycles. The molecule has 122 valence electrons. The van der Waals surface area contributed by atoms with Crippen molar-refractivity contribution >= 4 is 5.97 Å². The summed E-state index contributed by atoms with van der Waals surface area (Å²) in [6.07, 6.45) is 0.243. The smallest absolute Gasteiger partial charge is 0.342 e. The molecule has 0 spiro atoms. The third-order valence-corrected chi connectivity index (χ3v) is 4.12. The Balaban J connectivity index is 2.41. The third kappa shape index (κ3) is 3.80. The van der Waals surface area contributed by atoms with Crippen LogP contribution >= 0.6 is 0 Å². The summed E-state index contributed by atoms with van der Waals surface area (Å²) < 4.78 is 5.15. The minimum Gasteiger partial charge on any atom is -0.464 e. The van der Waals surface area contributed by atoms with Gasteiger partial charge in [-0.1, -0.05) is 74.5 Å². The van der Waals surface area contributed by atoms with Gasteiger partial charge in [0, 0.05) is 6.42 Å². The van der Waals surface area contributed by atoms with Crippen molar-refractivity contribution in [2.45, 2.75) is 38.2 Å². The highest BCUT2D eigenvalue weighted by Crippen LogP contribution is 2.38. The molecular weight excluding hydrogens is 288 g/mol. The van der Waals surface area contributed by atoms with Crippen molar-refractivity contribution < 1.29 is 14.6 Å². The van der Waals surface area contributed by atoms with Gasteiger partial charge in [-0.25, -0.2) is 4.79 Å². The fourth-order valence-electron chi connectivity index (χ4n) is 2.89. The molecule has 0 aromatic heterocycles. The van der Waals surface area contributed by atoms with Crippen LogP contribution in [0.5, 0.6) is 0 Å². The van der Waals surface area contributed by atoms with Crippen LogP contribution in [0, 0.1) is 0 Å². The first-order valence-corrected chi connectivity index (χ1v) is 7.91. The van der Waals surface area contributed by atoms with Crippen molar-refractivity contribution in [1.82, 2.24) is 0 Å². The van der Waals surface area contributed by atoms with Gasteiger partial charge in [-0.15, -0.1) is 0 Å². The van der Waals surface area contributed by atoms with Crippen LogP contribution in [0.2, 0.25) is 0 Å². The molecule has 0 aliphatic carbocycles. The summed E-state index contributed by atoms with van der Waals surface area (Å²) in [5, 5.41) is 11.2. The van der Waals surface area contributed by atoms with E-state index in [1.807, 2.05) is 62.4 Å². The predicted octanol–water partition coefficient (Wildman–Crippen LogP) is 3.81. The first-order chi connectivity index (χ1) is 10.9. The standard InChI is InChI=1S/C20H24O3/c1-4-23-18(21)20(22,17-13-9-6-10-14-17)15-19(2,3)16-11-7-5-8-12-16/h5-14,22H,4,15H2,1-3H3. The maximum atomic E-state index is 12.5. The van der Waals surface area contributed by atoms with Gasteiger partial charge < -0.3 is 9.84 Å². The number of hydrogen-bond acceptors (Lipinski definition) is 3. The Morgan fingerprint density at radius 3 is 1.91 bits per heavy atom. The zero-order valence-corrected chi connectivity index (χ0v) is 14.0. The molecule has 2 aromatic carbocycles. The van der Waals surface area contributed by atoms with Crippen LogP contribution in [-0.4, -0.2) is 17.7 Å². The molecule has 0 bridgehead atoms. The summed E-state index contributed by atoms with van der Waals surface area (Å²) in [5.41, 5.74) is -0.434. The topological polar surface area (TPSA) is 46.5 Å². The quantitative estimate of drug-likeness (QED) is 0.825. The second-order valence-electron chi connectivity index (χ2n) is 6.37. The van der Waals surface area contributed by atoms with E-state index in [1.54, 1.807) is 19.1 Å². The van der Waals surface area contributed by atoms with Crippen LogP contribution < -0.4 is 0 Å². The molecule has 0 amide bonds. The van der Waals surface area contributed by atoms with Crippen LogP contribution in [0.25, 0.3) is 0 Å². The molecule has 3 nitrogen and oxygen atoms in total. The number of aliphatic hydroxyl groups is 1. The van der Waals surface area contributed by atoms with Gasteiger partial charge in [-0.2, -0.15) is 0 Å². The Labute approximate surface area is 137 Å². The fraction of sp³-hybridized carbons (Fsp3) is 0.350. The van der Waals surface area contributed by atoms with E-state index in [0.717, 1.165) is 5.56 Å². The van der Waals surface area contributed by atoms with Crippen molar-refractivity contribution in [1.29, 1.82) is 0 Å². The van der Waals surface area contributed by atoms with Gasteiger partial charge in [0.1, 0.15) is 0 Å². The van der Waals surface area contributed by atoms with E-state index in [9.17, 15) is 9.90 Å². The van der Waals surface area contributed by atoms with Crippen LogP contribution in [-0.2, 0) is 20.5 Å². The number of esters is 1. The van der Waals surface area contributed by atoms with Crippen molar-refractivity contribution in [2.24, 2.45) is 0 Å². The Bertz CT molecular complexity index is 634. The lowest BCUT2D eigenvalue weighted by molar-refractivity contribution is -0.168. The minimum absolute atomic E-state index is 0.236. The molecule has 1 N–H and O–H groups in total. The fourth-order valence-corrected chi connectivity index (χ4v) is 2.89. The maximum Gasteiger partial charge on any atom is 0.342 e. The van der Waals surface area contributed by atoms with Gasteiger partial charge in [0.05, 0.1) is 6.61 Å². The van der Waals surface area contributed by atoms with Crippen LogP contribution in [0.15, 0.2) is 60.7 Å². The van der Waals surface area contributed by atoms with Gasteiger partial charge in [-0.3, -0.25) is 0 Å². The summed E-state index contributed by atoms with van der Waals surface area (Å²) in [6.45, 7) is 6.02. The zero-order valence-electron chi connectivity index (χ0n) is 14.0. The average molecular weight is 312 g/mol. The van der Waals surface area contributed by atoms with Crippen LogP contribution in [0.1, 0.15) is 38.3 Å². The summed E-state index contributed by atoms with van der Waals surface area (Å²) in [6, 6.07) is 18.9. The molecule has 0 radical (unpaired) electrons. The molecule has 1 atom stereocenters. The number of carbonyl (C=O) groups is 1. The molecule has 2 aromatic rings. The van der Waals surface area contributed by atoms with Gasteiger partial charge in [0.25, 0.3) is 0 Å². The molecule has 0 saturated carbocycles. The van der Waals surface area contributed by atoms with E-state index in [0.29, 0.717) is 5.56 Å². The Kier molecular flexibility index (Phi) is 5.22. The first-order valence-electron chi connectivity index (χ1n) is 7.91. The lowest BCUT2D eigenvalue weighted by Gasteiger charge is -2.35. The monoisotopic (exact) mass is 312 g/mol. The number of hydrogen-bond donors (Lipinski definition) is 1. The highest BCUT2D eigenvalue weighted by Gasteiger charge is 2.44. The molecule has 23 heavy (non-hydrogen) atoms. The van der Waals surface area contributed by atoms with E-state index in [-0.39, 0.29) is 13.0 Å². The van der Waals surface area contributed by atoms with Gasteiger partial charge in [0.2, 0.25) is 0 Å². The summed E-state index contributed by atoms with van der Waals surface area (Å²) in [7, 11) is 0. The molecule has 3 heteroatoms. The highest BCUT2D eigenvalue weighted by molar-refractivity contribution is 5.81. The van der Waals surface area contributed by atoms with E-state index in [2.05, 4.69) is 0 Å². The number of rotatable bonds is 6. The Morgan fingerprint density at radius 2 is 1.43 bits per heavy atom. The third-order valence-electron chi connectivity index (χ3n) is 4.12. The van der Waals surface area contributed by atoms with Crippen molar-refractivity contribution in [3.05, 3.63) is 71.8 Å². The molecule has 0 saturated heterocycles. The Morgan fingerprint density at radius 1 is 0.957 bits per heavy atom. The lowest BCUT2D eigenvalue weighted by Crippen LogP contribution is -2.42. The van der Waals surface area contributed by atoms with E-state index in [1.165, 1.54) is 0 Å². The van der Waals surface area contributed by atoms with Gasteiger partial charge >= 0.3 is 5.97 Å². The predicted molar refractivity (Wildman–Crippen MR) is 91.1 cm³/mol. The normalized spacial score (nSPS) is 14.1. The van der Waals surface area contributed by atoms with E-state index < -0.39 is 17.0 Å². The van der Waals surface area contributed by atoms with Gasteiger partial charge in [-0.05, 0) is 23.5 Å². The maximum absolute atomic E-state index is 12.5. The van der Waals surface area contributed by atoms with Crippen LogP contribution in [0.4, 0.5) is 0 Å². The number of ether oxygens (including phenoxy) is 1. The number of benzene rings is 2. The van der Waals surface area contributed by atoms with Crippen molar-refractivity contribution in [3.63, 3.8) is 0 Å². The molecular formula is C20H24O3. The first kappa shape index (κ1) is 17.2. The minimum atomic E-state index is -1.67. The van der Waals surface area contributed by atoms with E-state index in [4.69, 9.17) is 4.74 Å². The largest absolute Gasteiger partial charge is 0.464 e. The van der Waals surface area contributed by atoms with Crippen molar-refractivity contribution in [3.8, 4) is 0 Å². The zero-order chi connectivity index (χ0) is 16.9.